The Labute approximate surface area is 206 Å². The Hall–Kier alpha value is -2.58. The molecule has 0 spiro atoms. The summed E-state index contributed by atoms with van der Waals surface area (Å²) in [6, 6.07) is 7.81. The number of amides is 1. The number of hydrogen-bond donors (Lipinski definition) is 0. The van der Waals surface area contributed by atoms with Crippen LogP contribution in [0.3, 0.4) is 0 Å². The molecule has 182 valence electrons. The number of piperazine rings is 1. The van der Waals surface area contributed by atoms with Crippen molar-refractivity contribution in [1.82, 2.24) is 14.7 Å². The minimum atomic E-state index is -0.384. The lowest BCUT2D eigenvalue weighted by atomic mass is 9.93. The third-order valence-electron chi connectivity index (χ3n) is 6.46. The molecule has 1 aromatic carbocycles. The average Bonchev–Trinajstić information content (AvgIpc) is 3.20. The van der Waals surface area contributed by atoms with Gasteiger partial charge in [0.1, 0.15) is 0 Å². The van der Waals surface area contributed by atoms with E-state index in [1.54, 1.807) is 0 Å². The van der Waals surface area contributed by atoms with Crippen LogP contribution in [0.2, 0.25) is 0 Å². The van der Waals surface area contributed by atoms with Gasteiger partial charge in [-0.1, -0.05) is 48.5 Å². The predicted molar refractivity (Wildman–Crippen MR) is 136 cm³/mol. The SMILES string of the molecule is CCN1CCN(C(=O)CC2=CSC3=NC(C)=C(C(=O)OC(C)C)C(c4ccc(C)cc4)N23)CC1. The Morgan fingerprint density at radius 1 is 1.12 bits per heavy atom. The lowest BCUT2D eigenvalue weighted by Gasteiger charge is -2.38. The number of esters is 1. The van der Waals surface area contributed by atoms with Crippen LogP contribution in [0, 0.1) is 6.92 Å². The summed E-state index contributed by atoms with van der Waals surface area (Å²) < 4.78 is 5.62. The summed E-state index contributed by atoms with van der Waals surface area (Å²) in [5, 5.41) is 2.80. The Balaban J connectivity index is 1.63. The number of carbonyl (C=O) groups excluding carboxylic acids is 2. The fraction of sp³-hybridized carbons (Fsp3) is 0.500. The van der Waals surface area contributed by atoms with Gasteiger partial charge in [0.2, 0.25) is 5.91 Å². The van der Waals surface area contributed by atoms with E-state index >= 15 is 0 Å². The summed E-state index contributed by atoms with van der Waals surface area (Å²) in [7, 11) is 0. The van der Waals surface area contributed by atoms with Gasteiger partial charge in [-0.2, -0.15) is 0 Å². The first-order chi connectivity index (χ1) is 16.3. The number of rotatable bonds is 6. The van der Waals surface area contributed by atoms with Gasteiger partial charge in [0.25, 0.3) is 0 Å². The second-order valence-electron chi connectivity index (χ2n) is 9.25. The van der Waals surface area contributed by atoms with Gasteiger partial charge in [-0.25, -0.2) is 9.79 Å². The fourth-order valence-corrected chi connectivity index (χ4v) is 5.52. The number of aryl methyl sites for hydroxylation is 1. The summed E-state index contributed by atoms with van der Waals surface area (Å²) >= 11 is 1.51. The maximum Gasteiger partial charge on any atom is 0.338 e. The molecule has 8 heteroatoms. The molecule has 3 heterocycles. The van der Waals surface area contributed by atoms with E-state index in [0.717, 1.165) is 54.7 Å². The summed E-state index contributed by atoms with van der Waals surface area (Å²) in [6.45, 7) is 14.1. The highest BCUT2D eigenvalue weighted by atomic mass is 32.2. The van der Waals surface area contributed by atoms with Crippen LogP contribution in [0.1, 0.15) is 51.3 Å². The molecule has 0 bridgehead atoms. The minimum absolute atomic E-state index is 0.115. The number of allylic oxidation sites excluding steroid dienone is 1. The van der Waals surface area contributed by atoms with Crippen molar-refractivity contribution in [3.63, 3.8) is 0 Å². The van der Waals surface area contributed by atoms with Crippen molar-refractivity contribution in [2.45, 2.75) is 53.2 Å². The van der Waals surface area contributed by atoms with Gasteiger partial charge in [-0.15, -0.1) is 0 Å². The van der Waals surface area contributed by atoms with Crippen LogP contribution in [0.15, 0.2) is 51.6 Å². The van der Waals surface area contributed by atoms with Crippen molar-refractivity contribution in [2.24, 2.45) is 4.99 Å². The Morgan fingerprint density at radius 3 is 2.41 bits per heavy atom. The number of likely N-dealkylation sites (N-methyl/N-ethyl adjacent to an activating group) is 1. The second-order valence-corrected chi connectivity index (χ2v) is 10.1. The standard InChI is InChI=1S/C26H34N4O3S/c1-6-28-11-13-29(14-12-28)22(31)15-21-16-34-26-27-19(5)23(25(32)33-17(2)3)24(30(21)26)20-9-7-18(4)8-10-20/h7-10,16-17,24H,6,11-15H2,1-5H3. The molecule has 0 radical (unpaired) electrons. The molecule has 0 saturated carbocycles. The minimum Gasteiger partial charge on any atom is -0.459 e. The highest BCUT2D eigenvalue weighted by Crippen LogP contribution is 2.45. The molecule has 1 saturated heterocycles. The first kappa shape index (κ1) is 24.5. The van der Waals surface area contributed by atoms with Crippen molar-refractivity contribution >= 4 is 28.8 Å². The second kappa shape index (κ2) is 10.4. The number of thioether (sulfide) groups is 1. The molecule has 1 atom stereocenters. The van der Waals surface area contributed by atoms with Gasteiger partial charge in [0.05, 0.1) is 29.8 Å². The van der Waals surface area contributed by atoms with E-state index in [4.69, 9.17) is 9.73 Å². The van der Waals surface area contributed by atoms with Crippen molar-refractivity contribution in [3.8, 4) is 0 Å². The van der Waals surface area contributed by atoms with Crippen molar-refractivity contribution in [3.05, 3.63) is 57.8 Å². The van der Waals surface area contributed by atoms with Crippen molar-refractivity contribution in [1.29, 1.82) is 0 Å². The van der Waals surface area contributed by atoms with Gasteiger partial charge in [-0.05, 0) is 45.2 Å². The topological polar surface area (TPSA) is 65.4 Å². The number of carbonyl (C=O) groups is 2. The zero-order chi connectivity index (χ0) is 24.4. The zero-order valence-corrected chi connectivity index (χ0v) is 21.5. The third kappa shape index (κ3) is 5.08. The number of fused-ring (bicyclic) bond motifs is 1. The molecular formula is C26H34N4O3S. The molecule has 0 aliphatic carbocycles. The highest BCUT2D eigenvalue weighted by molar-refractivity contribution is 8.16. The van der Waals surface area contributed by atoms with E-state index in [1.165, 1.54) is 11.8 Å². The lowest BCUT2D eigenvalue weighted by Crippen LogP contribution is -2.49. The maximum atomic E-state index is 13.2. The van der Waals surface area contributed by atoms with E-state index in [1.807, 2.05) is 62.3 Å². The number of aliphatic imine (C=N–C) groups is 1. The highest BCUT2D eigenvalue weighted by Gasteiger charge is 2.41. The van der Waals surface area contributed by atoms with Crippen molar-refractivity contribution in [2.75, 3.05) is 32.7 Å². The number of nitrogens with zero attached hydrogens (tertiary/aromatic N) is 4. The van der Waals surface area contributed by atoms with Crippen LogP contribution in [0.4, 0.5) is 0 Å². The van der Waals surface area contributed by atoms with Crippen LogP contribution < -0.4 is 0 Å². The first-order valence-corrected chi connectivity index (χ1v) is 12.9. The van der Waals surface area contributed by atoms with E-state index in [2.05, 4.69) is 16.7 Å². The summed E-state index contributed by atoms with van der Waals surface area (Å²) in [4.78, 5) is 37.5. The van der Waals surface area contributed by atoms with E-state index < -0.39 is 0 Å². The fourth-order valence-electron chi connectivity index (χ4n) is 4.55. The van der Waals surface area contributed by atoms with Gasteiger partial charge < -0.3 is 19.4 Å². The van der Waals surface area contributed by atoms with Gasteiger partial charge >= 0.3 is 5.97 Å². The Bertz CT molecular complexity index is 1040. The van der Waals surface area contributed by atoms with Crippen LogP contribution >= 0.6 is 11.8 Å². The van der Waals surface area contributed by atoms with Gasteiger partial charge in [-0.3, -0.25) is 4.79 Å². The monoisotopic (exact) mass is 482 g/mol. The number of ether oxygens (including phenoxy) is 1. The average molecular weight is 483 g/mol. The molecule has 0 aromatic heterocycles. The van der Waals surface area contributed by atoms with E-state index in [9.17, 15) is 9.59 Å². The van der Waals surface area contributed by atoms with E-state index in [0.29, 0.717) is 11.3 Å². The Kier molecular flexibility index (Phi) is 7.48. The molecular weight excluding hydrogens is 448 g/mol. The van der Waals surface area contributed by atoms with E-state index in [-0.39, 0.29) is 30.4 Å². The van der Waals surface area contributed by atoms with Crippen LogP contribution in [0.25, 0.3) is 0 Å². The van der Waals surface area contributed by atoms with Gasteiger partial charge in [0, 0.05) is 31.9 Å². The molecule has 1 unspecified atom stereocenters. The zero-order valence-electron chi connectivity index (χ0n) is 20.7. The quantitative estimate of drug-likeness (QED) is 0.570. The summed E-state index contributed by atoms with van der Waals surface area (Å²) in [6.07, 6.45) is 0.0506. The molecule has 3 aliphatic heterocycles. The number of benzene rings is 1. The number of amidine groups is 1. The maximum absolute atomic E-state index is 13.2. The van der Waals surface area contributed by atoms with Crippen LogP contribution in [0.5, 0.6) is 0 Å². The Morgan fingerprint density at radius 2 is 1.79 bits per heavy atom. The molecule has 1 amide bonds. The molecule has 0 N–H and O–H groups in total. The third-order valence-corrected chi connectivity index (χ3v) is 7.35. The molecule has 34 heavy (non-hydrogen) atoms. The van der Waals surface area contributed by atoms with Crippen molar-refractivity contribution < 1.29 is 14.3 Å². The summed E-state index contributed by atoms with van der Waals surface area (Å²) in [5.41, 5.74) is 4.18. The van der Waals surface area contributed by atoms with Crippen LogP contribution in [-0.2, 0) is 14.3 Å². The normalized spacial score (nSPS) is 20.9. The first-order valence-electron chi connectivity index (χ1n) is 12.0. The molecule has 7 nitrogen and oxygen atoms in total. The molecule has 4 rings (SSSR count). The molecule has 1 aromatic rings. The largest absolute Gasteiger partial charge is 0.459 e. The number of hydrogen-bond acceptors (Lipinski definition) is 7. The summed E-state index contributed by atoms with van der Waals surface area (Å²) in [5.74, 6) is -0.247. The molecule has 3 aliphatic rings. The predicted octanol–water partition coefficient (Wildman–Crippen LogP) is 4.08. The van der Waals surface area contributed by atoms with Crippen LogP contribution in [-0.4, -0.2) is 70.6 Å². The van der Waals surface area contributed by atoms with Gasteiger partial charge in [0.15, 0.2) is 5.17 Å². The molecule has 1 fully saturated rings. The smallest absolute Gasteiger partial charge is 0.338 e. The lowest BCUT2D eigenvalue weighted by molar-refractivity contribution is -0.143.